The van der Waals surface area contributed by atoms with Gasteiger partial charge in [-0.25, -0.2) is 14.1 Å². The Morgan fingerprint density at radius 2 is 1.85 bits per heavy atom. The summed E-state index contributed by atoms with van der Waals surface area (Å²) >= 11 is 1.13. The van der Waals surface area contributed by atoms with Crippen LogP contribution >= 0.6 is 11.3 Å². The van der Waals surface area contributed by atoms with Gasteiger partial charge in [-0.05, 0) is 38.5 Å². The first-order valence-corrected chi connectivity index (χ1v) is 11.1. The van der Waals surface area contributed by atoms with Crippen LogP contribution < -0.4 is 10.4 Å². The summed E-state index contributed by atoms with van der Waals surface area (Å²) in [4.78, 5) is 40.1. The molecule has 0 atom stereocenters. The van der Waals surface area contributed by atoms with Crippen molar-refractivity contribution in [3.63, 3.8) is 0 Å². The number of pyridine rings is 1. The first kappa shape index (κ1) is 22.6. The second-order valence-electron chi connectivity index (χ2n) is 8.09. The Bertz CT molecular complexity index is 1320. The highest BCUT2D eigenvalue weighted by atomic mass is 32.1. The molecule has 3 aromatic rings. The molecule has 3 heterocycles. The van der Waals surface area contributed by atoms with Crippen LogP contribution in [-0.2, 0) is 11.2 Å². The van der Waals surface area contributed by atoms with Crippen molar-refractivity contribution in [3.05, 3.63) is 62.8 Å². The summed E-state index contributed by atoms with van der Waals surface area (Å²) in [6.45, 7) is 6.78. The number of nitrogens with zero attached hydrogens (tertiary/aromatic N) is 5. The normalized spacial score (nSPS) is 15.0. The van der Waals surface area contributed by atoms with Gasteiger partial charge in [0, 0.05) is 26.1 Å². The van der Waals surface area contributed by atoms with Crippen molar-refractivity contribution in [2.75, 3.05) is 11.6 Å². The molecule has 0 fully saturated rings. The number of fused-ring (bicyclic) bond motifs is 1. The lowest BCUT2D eigenvalue weighted by molar-refractivity contribution is -0.121. The molecular weight excluding hydrogens is 449 g/mol. The minimum atomic E-state index is -1.04. The Hall–Kier alpha value is -3.60. The summed E-state index contributed by atoms with van der Waals surface area (Å²) in [5.41, 5.74) is -1.27. The minimum Gasteiger partial charge on any atom is -0.502 e. The average molecular weight is 472 g/mol. The minimum absolute atomic E-state index is 0.0129. The van der Waals surface area contributed by atoms with Gasteiger partial charge in [-0.2, -0.15) is 0 Å². The van der Waals surface area contributed by atoms with Gasteiger partial charge in [-0.3, -0.25) is 14.4 Å². The Labute approximate surface area is 192 Å². The summed E-state index contributed by atoms with van der Waals surface area (Å²) in [5.74, 6) is -2.04. The molecule has 1 N–H and O–H groups in total. The summed E-state index contributed by atoms with van der Waals surface area (Å²) in [7, 11) is 0. The maximum absolute atomic E-state index is 13.1. The lowest BCUT2D eigenvalue weighted by Crippen LogP contribution is -2.68. The molecule has 0 saturated carbocycles. The van der Waals surface area contributed by atoms with Crippen LogP contribution in [0.2, 0.25) is 0 Å². The van der Waals surface area contributed by atoms with E-state index in [1.807, 2.05) is 0 Å². The molecule has 33 heavy (non-hydrogen) atoms. The number of carbonyl (C=O) groups is 2. The lowest BCUT2D eigenvalue weighted by atomic mass is 10.1. The predicted molar refractivity (Wildman–Crippen MR) is 120 cm³/mol. The van der Waals surface area contributed by atoms with Crippen LogP contribution in [0.3, 0.4) is 0 Å². The zero-order chi connectivity index (χ0) is 24.1. The molecule has 0 saturated heterocycles. The highest BCUT2D eigenvalue weighted by Crippen LogP contribution is 2.33. The van der Waals surface area contributed by atoms with E-state index in [0.717, 1.165) is 16.9 Å². The molecule has 1 aromatic carbocycles. The molecule has 4 rings (SSSR count). The molecule has 2 aromatic heterocycles. The topological polar surface area (TPSA) is 109 Å². The van der Waals surface area contributed by atoms with Gasteiger partial charge in [0.1, 0.15) is 16.5 Å². The van der Waals surface area contributed by atoms with Crippen molar-refractivity contribution < 1.29 is 19.1 Å². The van der Waals surface area contributed by atoms with Gasteiger partial charge >= 0.3 is 0 Å². The molecule has 0 spiro atoms. The summed E-state index contributed by atoms with van der Waals surface area (Å²) < 4.78 is 14.4. The maximum Gasteiger partial charge on any atom is 0.278 e. The molecule has 0 unspecified atom stereocenters. The molecule has 1 aliphatic heterocycles. The van der Waals surface area contributed by atoms with Gasteiger partial charge in [0.15, 0.2) is 16.5 Å². The van der Waals surface area contributed by atoms with Crippen molar-refractivity contribution in [2.24, 2.45) is 0 Å². The third kappa shape index (κ3) is 3.67. The quantitative estimate of drug-likeness (QED) is 0.626. The number of hydrogen-bond donors (Lipinski definition) is 1. The number of rotatable bonds is 4. The van der Waals surface area contributed by atoms with Crippen molar-refractivity contribution in [1.29, 1.82) is 0 Å². The Morgan fingerprint density at radius 3 is 2.45 bits per heavy atom. The second kappa shape index (κ2) is 8.07. The van der Waals surface area contributed by atoms with Gasteiger partial charge in [-0.15, -0.1) is 10.2 Å². The fraction of sp³-hybridized carbons (Fsp3) is 0.318. The molecular formula is C22H22FN5O4S. The molecule has 0 radical (unpaired) electrons. The lowest BCUT2D eigenvalue weighted by Gasteiger charge is -2.50. The van der Waals surface area contributed by atoms with E-state index in [4.69, 9.17) is 0 Å². The molecule has 0 bridgehead atoms. The van der Waals surface area contributed by atoms with Crippen molar-refractivity contribution >= 4 is 23.2 Å². The fourth-order valence-electron chi connectivity index (χ4n) is 4.13. The van der Waals surface area contributed by atoms with Crippen molar-refractivity contribution in [2.45, 2.75) is 39.8 Å². The van der Waals surface area contributed by atoms with Gasteiger partial charge < -0.3 is 10.0 Å². The Morgan fingerprint density at radius 1 is 1.18 bits per heavy atom. The average Bonchev–Trinajstić information content (AvgIpc) is 3.19. The third-order valence-electron chi connectivity index (χ3n) is 5.59. The van der Waals surface area contributed by atoms with Gasteiger partial charge in [0.2, 0.25) is 11.3 Å². The summed E-state index contributed by atoms with van der Waals surface area (Å²) in [5, 5.41) is 21.0. The molecule has 172 valence electrons. The van der Waals surface area contributed by atoms with E-state index in [0.29, 0.717) is 11.4 Å². The molecule has 0 aliphatic carbocycles. The van der Waals surface area contributed by atoms with Crippen LogP contribution in [0.5, 0.6) is 5.75 Å². The predicted octanol–water partition coefficient (Wildman–Crippen LogP) is 2.50. The van der Waals surface area contributed by atoms with E-state index >= 15 is 0 Å². The number of halogens is 1. The highest BCUT2D eigenvalue weighted by molar-refractivity contribution is 7.14. The van der Waals surface area contributed by atoms with Crippen LogP contribution in [0.1, 0.15) is 48.8 Å². The van der Waals surface area contributed by atoms with Gasteiger partial charge in [0.05, 0.1) is 5.56 Å². The number of amides is 2. The fourth-order valence-corrected chi connectivity index (χ4v) is 5.01. The van der Waals surface area contributed by atoms with Crippen LogP contribution in [-0.4, -0.2) is 48.9 Å². The zero-order valence-corrected chi connectivity index (χ0v) is 19.3. The first-order chi connectivity index (χ1) is 15.6. The zero-order valence-electron chi connectivity index (χ0n) is 18.5. The van der Waals surface area contributed by atoms with Crippen LogP contribution in [0.4, 0.5) is 4.39 Å². The monoisotopic (exact) mass is 471 g/mol. The van der Waals surface area contributed by atoms with Crippen LogP contribution in [0.15, 0.2) is 35.3 Å². The Balaban J connectivity index is 1.82. The van der Waals surface area contributed by atoms with Crippen molar-refractivity contribution in [3.8, 4) is 16.3 Å². The molecule has 2 amide bonds. The van der Waals surface area contributed by atoms with Crippen LogP contribution in [0.25, 0.3) is 10.6 Å². The van der Waals surface area contributed by atoms with Crippen molar-refractivity contribution in [1.82, 2.24) is 19.8 Å². The molecule has 11 heteroatoms. The standard InChI is InChI=1S/C22H22FN5O4S/c1-5-26-21(32)17-19(31)18(30)15(11-27(17)28(12(2)29)22(26,3)4)20-25-24-16(33-20)10-13-6-8-14(23)9-7-13/h6-9,11,31H,5,10H2,1-4H3. The third-order valence-corrected chi connectivity index (χ3v) is 6.54. The van der Waals surface area contributed by atoms with E-state index in [9.17, 15) is 23.9 Å². The summed E-state index contributed by atoms with van der Waals surface area (Å²) in [6.07, 6.45) is 1.72. The maximum atomic E-state index is 13.1. The number of hydrogen-bond acceptors (Lipinski definition) is 7. The largest absolute Gasteiger partial charge is 0.502 e. The Kier molecular flexibility index (Phi) is 5.52. The first-order valence-electron chi connectivity index (χ1n) is 10.2. The number of carbonyl (C=O) groups excluding carboxylic acids is 2. The highest BCUT2D eigenvalue weighted by Gasteiger charge is 2.46. The SMILES string of the molecule is CCN1C(=O)c2c(O)c(=O)c(-c3nnc(Cc4ccc(F)cc4)s3)cn2N(C(C)=O)C1(C)C. The van der Waals surface area contributed by atoms with Gasteiger partial charge in [-0.1, -0.05) is 23.5 Å². The van der Waals surface area contributed by atoms with E-state index in [1.54, 1.807) is 32.9 Å². The molecule has 1 aliphatic rings. The van der Waals surface area contributed by atoms with Gasteiger partial charge in [0.25, 0.3) is 5.91 Å². The van der Waals surface area contributed by atoms with E-state index in [2.05, 4.69) is 10.2 Å². The number of benzene rings is 1. The number of aromatic hydroxyl groups is 1. The molecule has 9 nitrogen and oxygen atoms in total. The number of aromatic nitrogens is 3. The van der Waals surface area contributed by atoms with E-state index in [1.165, 1.54) is 39.8 Å². The summed E-state index contributed by atoms with van der Waals surface area (Å²) in [6, 6.07) is 5.96. The smallest absolute Gasteiger partial charge is 0.278 e. The second-order valence-corrected chi connectivity index (χ2v) is 9.15. The van der Waals surface area contributed by atoms with Crippen LogP contribution in [0, 0.1) is 5.82 Å². The van der Waals surface area contributed by atoms with E-state index < -0.39 is 22.7 Å². The van der Waals surface area contributed by atoms with E-state index in [-0.39, 0.29) is 34.5 Å².